The van der Waals surface area contributed by atoms with Crippen molar-refractivity contribution in [2.75, 3.05) is 6.54 Å². The molecule has 1 atom stereocenters. The molecular weight excluding hydrogens is 220 g/mol. The maximum Gasteiger partial charge on any atom is 0.242 e. The fourth-order valence-electron chi connectivity index (χ4n) is 1.85. The third kappa shape index (κ3) is 2.30. The van der Waals surface area contributed by atoms with Crippen LogP contribution in [0.25, 0.3) is 0 Å². The lowest BCUT2D eigenvalue weighted by Gasteiger charge is -2.32. The fraction of sp³-hybridized carbons (Fsp3) is 0.545. The molecule has 2 rings (SSSR count). The highest BCUT2D eigenvalue weighted by Gasteiger charge is 2.30. The van der Waals surface area contributed by atoms with E-state index in [1.54, 1.807) is 22.7 Å². The van der Waals surface area contributed by atoms with Crippen LogP contribution in [0.15, 0.2) is 12.4 Å². The van der Waals surface area contributed by atoms with Crippen molar-refractivity contribution in [2.24, 2.45) is 0 Å². The summed E-state index contributed by atoms with van der Waals surface area (Å²) in [5, 5.41) is 6.71. The van der Waals surface area contributed by atoms with E-state index in [1.165, 1.54) is 0 Å². The van der Waals surface area contributed by atoms with Crippen molar-refractivity contribution in [3.63, 3.8) is 0 Å². The number of amides is 2. The molecule has 1 aromatic rings. The molecule has 2 amide bonds. The van der Waals surface area contributed by atoms with Gasteiger partial charge in [0.1, 0.15) is 6.04 Å². The minimum absolute atomic E-state index is 0.0543. The Bertz CT molecular complexity index is 440. The van der Waals surface area contributed by atoms with E-state index in [0.717, 1.165) is 12.1 Å². The van der Waals surface area contributed by atoms with Crippen molar-refractivity contribution < 1.29 is 9.59 Å². The maximum absolute atomic E-state index is 11.7. The Labute approximate surface area is 99.6 Å². The van der Waals surface area contributed by atoms with Gasteiger partial charge in [-0.3, -0.25) is 14.3 Å². The highest BCUT2D eigenvalue weighted by Crippen LogP contribution is 2.11. The molecule has 0 spiro atoms. The van der Waals surface area contributed by atoms with Gasteiger partial charge in [-0.2, -0.15) is 5.10 Å². The number of hydrogen-bond donors (Lipinski definition) is 1. The molecule has 0 aliphatic carbocycles. The minimum Gasteiger partial charge on any atom is -0.345 e. The minimum atomic E-state index is -0.416. The highest BCUT2D eigenvalue weighted by atomic mass is 16.2. The van der Waals surface area contributed by atoms with Crippen LogP contribution in [-0.4, -0.2) is 39.1 Å². The largest absolute Gasteiger partial charge is 0.345 e. The molecule has 0 bridgehead atoms. The van der Waals surface area contributed by atoms with E-state index in [2.05, 4.69) is 10.4 Å². The monoisotopic (exact) mass is 236 g/mol. The standard InChI is InChI=1S/C11H16N4O2/c1-3-14-6-9(4-13-14)7-15-8(2)11(17)12-5-10(15)16/h4,6,8H,3,5,7H2,1-2H3,(H,12,17). The molecule has 17 heavy (non-hydrogen) atoms. The van der Waals surface area contributed by atoms with Gasteiger partial charge in [0.15, 0.2) is 0 Å². The van der Waals surface area contributed by atoms with Crippen LogP contribution in [0.5, 0.6) is 0 Å². The van der Waals surface area contributed by atoms with Gasteiger partial charge in [0, 0.05) is 24.8 Å². The number of carbonyl (C=O) groups is 2. The number of rotatable bonds is 3. The zero-order valence-electron chi connectivity index (χ0n) is 10.0. The summed E-state index contributed by atoms with van der Waals surface area (Å²) in [6.07, 6.45) is 3.63. The molecule has 92 valence electrons. The van der Waals surface area contributed by atoms with E-state index in [9.17, 15) is 9.59 Å². The molecule has 6 heteroatoms. The molecular formula is C11H16N4O2. The second-order valence-electron chi connectivity index (χ2n) is 4.12. The predicted octanol–water partition coefficient (Wildman–Crippen LogP) is -0.250. The second-order valence-corrected chi connectivity index (χ2v) is 4.12. The van der Waals surface area contributed by atoms with Gasteiger partial charge < -0.3 is 10.2 Å². The topological polar surface area (TPSA) is 67.2 Å². The maximum atomic E-state index is 11.7. The first-order valence-corrected chi connectivity index (χ1v) is 5.70. The van der Waals surface area contributed by atoms with Crippen molar-refractivity contribution >= 4 is 11.8 Å². The molecule has 0 radical (unpaired) electrons. The first kappa shape index (κ1) is 11.6. The number of nitrogens with one attached hydrogen (secondary N) is 1. The summed E-state index contributed by atoms with van der Waals surface area (Å²) in [5.41, 5.74) is 0.946. The van der Waals surface area contributed by atoms with Crippen molar-refractivity contribution in [1.82, 2.24) is 20.0 Å². The quantitative estimate of drug-likeness (QED) is 0.787. The molecule has 1 aromatic heterocycles. The van der Waals surface area contributed by atoms with Crippen molar-refractivity contribution in [3.8, 4) is 0 Å². The number of hydrogen-bond acceptors (Lipinski definition) is 3. The van der Waals surface area contributed by atoms with Gasteiger partial charge in [-0.15, -0.1) is 0 Å². The van der Waals surface area contributed by atoms with Gasteiger partial charge >= 0.3 is 0 Å². The van der Waals surface area contributed by atoms with E-state index < -0.39 is 6.04 Å². The lowest BCUT2D eigenvalue weighted by Crippen LogP contribution is -2.56. The zero-order valence-corrected chi connectivity index (χ0v) is 10.0. The average Bonchev–Trinajstić information content (AvgIpc) is 2.77. The normalized spacial score (nSPS) is 20.6. The molecule has 2 heterocycles. The Hall–Kier alpha value is -1.85. The molecule has 1 fully saturated rings. The van der Waals surface area contributed by atoms with Crippen LogP contribution >= 0.6 is 0 Å². The fourth-order valence-corrected chi connectivity index (χ4v) is 1.85. The summed E-state index contributed by atoms with van der Waals surface area (Å²) in [5.74, 6) is -0.158. The van der Waals surface area contributed by atoms with Crippen LogP contribution in [-0.2, 0) is 22.7 Å². The zero-order chi connectivity index (χ0) is 12.4. The van der Waals surface area contributed by atoms with Crippen LogP contribution in [0.4, 0.5) is 0 Å². The van der Waals surface area contributed by atoms with Crippen molar-refractivity contribution in [1.29, 1.82) is 0 Å². The van der Waals surface area contributed by atoms with Gasteiger partial charge in [0.25, 0.3) is 0 Å². The molecule has 1 aliphatic rings. The third-order valence-electron chi connectivity index (χ3n) is 2.94. The molecule has 1 unspecified atom stereocenters. The molecule has 0 saturated carbocycles. The highest BCUT2D eigenvalue weighted by molar-refractivity contribution is 5.94. The van der Waals surface area contributed by atoms with E-state index >= 15 is 0 Å². The number of aryl methyl sites for hydroxylation is 1. The summed E-state index contributed by atoms with van der Waals surface area (Å²) in [6.45, 7) is 5.05. The number of nitrogens with zero attached hydrogens (tertiary/aromatic N) is 3. The molecule has 0 aromatic carbocycles. The van der Waals surface area contributed by atoms with E-state index in [4.69, 9.17) is 0 Å². The average molecular weight is 236 g/mol. The SMILES string of the molecule is CCn1cc(CN2C(=O)CNC(=O)C2C)cn1. The smallest absolute Gasteiger partial charge is 0.242 e. The van der Waals surface area contributed by atoms with Crippen LogP contribution in [0.3, 0.4) is 0 Å². The summed E-state index contributed by atoms with van der Waals surface area (Å²) in [7, 11) is 0. The molecule has 6 nitrogen and oxygen atoms in total. The number of piperazine rings is 1. The lowest BCUT2D eigenvalue weighted by atomic mass is 10.2. The Morgan fingerprint density at radius 1 is 1.53 bits per heavy atom. The van der Waals surface area contributed by atoms with Crippen molar-refractivity contribution in [2.45, 2.75) is 33.0 Å². The number of aromatic nitrogens is 2. The molecule has 1 aliphatic heterocycles. The number of carbonyl (C=O) groups excluding carboxylic acids is 2. The van der Waals surface area contributed by atoms with Crippen LogP contribution in [0.1, 0.15) is 19.4 Å². The van der Waals surface area contributed by atoms with Crippen LogP contribution in [0, 0.1) is 0 Å². The van der Waals surface area contributed by atoms with Gasteiger partial charge in [0.2, 0.25) is 11.8 Å². The Morgan fingerprint density at radius 2 is 2.29 bits per heavy atom. The van der Waals surface area contributed by atoms with Gasteiger partial charge in [-0.1, -0.05) is 0 Å². The second kappa shape index (κ2) is 4.57. The van der Waals surface area contributed by atoms with E-state index in [-0.39, 0.29) is 18.4 Å². The van der Waals surface area contributed by atoms with Gasteiger partial charge in [-0.05, 0) is 13.8 Å². The molecule has 1 N–H and O–H groups in total. The van der Waals surface area contributed by atoms with Crippen LogP contribution in [0.2, 0.25) is 0 Å². The summed E-state index contributed by atoms with van der Waals surface area (Å²) in [4.78, 5) is 24.8. The van der Waals surface area contributed by atoms with Gasteiger partial charge in [-0.25, -0.2) is 0 Å². The first-order valence-electron chi connectivity index (χ1n) is 5.70. The van der Waals surface area contributed by atoms with Crippen molar-refractivity contribution in [3.05, 3.63) is 18.0 Å². The Balaban J connectivity index is 2.10. The predicted molar refractivity (Wildman–Crippen MR) is 60.9 cm³/mol. The Morgan fingerprint density at radius 3 is 2.94 bits per heavy atom. The Kier molecular flexibility index (Phi) is 3.12. The van der Waals surface area contributed by atoms with E-state index in [0.29, 0.717) is 6.54 Å². The first-order chi connectivity index (χ1) is 8.11. The third-order valence-corrected chi connectivity index (χ3v) is 2.94. The van der Waals surface area contributed by atoms with Gasteiger partial charge in [0.05, 0.1) is 12.7 Å². The van der Waals surface area contributed by atoms with E-state index in [1.807, 2.05) is 13.1 Å². The summed E-state index contributed by atoms with van der Waals surface area (Å²) in [6, 6.07) is -0.416. The van der Waals surface area contributed by atoms with Crippen LogP contribution < -0.4 is 5.32 Å². The summed E-state index contributed by atoms with van der Waals surface area (Å²) < 4.78 is 1.80. The lowest BCUT2D eigenvalue weighted by molar-refractivity contribution is -0.145. The summed E-state index contributed by atoms with van der Waals surface area (Å²) >= 11 is 0. The molecule has 1 saturated heterocycles.